The molecule has 112 valence electrons. The van der Waals surface area contributed by atoms with Crippen LogP contribution in [0.2, 0.25) is 0 Å². The van der Waals surface area contributed by atoms with E-state index in [1.807, 2.05) is 48.7 Å². The lowest BCUT2D eigenvalue weighted by atomic mass is 9.92. The van der Waals surface area contributed by atoms with Crippen molar-refractivity contribution in [2.75, 3.05) is 14.2 Å². The van der Waals surface area contributed by atoms with Gasteiger partial charge in [0, 0.05) is 11.4 Å². The summed E-state index contributed by atoms with van der Waals surface area (Å²) in [6, 6.07) is 11.4. The van der Waals surface area contributed by atoms with Crippen molar-refractivity contribution in [3.8, 4) is 5.75 Å². The number of rotatable bonds is 6. The molecule has 1 aromatic heterocycles. The van der Waals surface area contributed by atoms with Crippen LogP contribution >= 0.6 is 11.3 Å². The molecule has 0 saturated carbocycles. The highest BCUT2D eigenvalue weighted by Crippen LogP contribution is 2.25. The first kappa shape index (κ1) is 15.5. The smallest absolute Gasteiger partial charge is 0.330 e. The standard InChI is InChI=1S/C16H19NO3S/c1-16(15(18)20-3,17-11-14-5-4-10-21-14)12-6-8-13(19-2)9-7-12/h4-10,17H,11H2,1-3H3. The van der Waals surface area contributed by atoms with Crippen LogP contribution in [0.5, 0.6) is 5.75 Å². The Labute approximate surface area is 128 Å². The molecule has 0 aliphatic heterocycles. The van der Waals surface area contributed by atoms with Gasteiger partial charge in [0.1, 0.15) is 11.3 Å². The third kappa shape index (κ3) is 3.43. The van der Waals surface area contributed by atoms with Crippen molar-refractivity contribution in [2.45, 2.75) is 19.0 Å². The largest absolute Gasteiger partial charge is 0.497 e. The number of hydrogen-bond acceptors (Lipinski definition) is 5. The zero-order valence-corrected chi connectivity index (χ0v) is 13.2. The molecule has 0 aliphatic rings. The zero-order valence-electron chi connectivity index (χ0n) is 12.4. The summed E-state index contributed by atoms with van der Waals surface area (Å²) in [4.78, 5) is 13.4. The highest BCUT2D eigenvalue weighted by Gasteiger charge is 2.36. The first-order valence-electron chi connectivity index (χ1n) is 6.60. The van der Waals surface area contributed by atoms with Crippen LogP contribution in [0.1, 0.15) is 17.4 Å². The van der Waals surface area contributed by atoms with Crippen LogP contribution in [-0.4, -0.2) is 20.2 Å². The van der Waals surface area contributed by atoms with Gasteiger partial charge in [-0.3, -0.25) is 5.32 Å². The number of methoxy groups -OCH3 is 2. The molecule has 0 bridgehead atoms. The number of benzene rings is 1. The Kier molecular flexibility index (Phi) is 4.98. The predicted molar refractivity (Wildman–Crippen MR) is 83.5 cm³/mol. The zero-order chi connectivity index (χ0) is 15.3. The second-order valence-electron chi connectivity index (χ2n) is 4.78. The third-order valence-electron chi connectivity index (χ3n) is 3.46. The quantitative estimate of drug-likeness (QED) is 0.834. The molecule has 0 spiro atoms. The second kappa shape index (κ2) is 6.74. The van der Waals surface area contributed by atoms with E-state index in [-0.39, 0.29) is 5.97 Å². The van der Waals surface area contributed by atoms with Crippen LogP contribution in [0.4, 0.5) is 0 Å². The lowest BCUT2D eigenvalue weighted by Gasteiger charge is -2.28. The highest BCUT2D eigenvalue weighted by atomic mass is 32.1. The van der Waals surface area contributed by atoms with Gasteiger partial charge in [0.15, 0.2) is 0 Å². The summed E-state index contributed by atoms with van der Waals surface area (Å²) in [5.74, 6) is 0.438. The van der Waals surface area contributed by atoms with E-state index in [0.717, 1.165) is 11.3 Å². The number of carbonyl (C=O) groups excluding carboxylic acids is 1. The topological polar surface area (TPSA) is 47.6 Å². The fourth-order valence-corrected chi connectivity index (χ4v) is 2.74. The summed E-state index contributed by atoms with van der Waals surface area (Å²) < 4.78 is 10.1. The molecule has 0 aliphatic carbocycles. The maximum absolute atomic E-state index is 12.2. The maximum Gasteiger partial charge on any atom is 0.330 e. The summed E-state index contributed by atoms with van der Waals surface area (Å²) >= 11 is 1.65. The van der Waals surface area contributed by atoms with Crippen LogP contribution in [0.25, 0.3) is 0 Å². The minimum atomic E-state index is -0.898. The predicted octanol–water partition coefficient (Wildman–Crippen LogP) is 2.93. The lowest BCUT2D eigenvalue weighted by Crippen LogP contribution is -2.46. The van der Waals surface area contributed by atoms with Gasteiger partial charge in [-0.25, -0.2) is 4.79 Å². The van der Waals surface area contributed by atoms with Crippen LogP contribution in [-0.2, 0) is 21.6 Å². The van der Waals surface area contributed by atoms with Gasteiger partial charge < -0.3 is 9.47 Å². The molecule has 5 heteroatoms. The Hall–Kier alpha value is -1.85. The average Bonchev–Trinajstić information content (AvgIpc) is 3.05. The number of thiophene rings is 1. The normalized spacial score (nSPS) is 13.5. The Morgan fingerprint density at radius 2 is 1.95 bits per heavy atom. The van der Waals surface area contributed by atoms with E-state index in [1.165, 1.54) is 12.0 Å². The van der Waals surface area contributed by atoms with E-state index in [2.05, 4.69) is 5.32 Å². The summed E-state index contributed by atoms with van der Waals surface area (Å²) in [5, 5.41) is 5.31. The van der Waals surface area contributed by atoms with Gasteiger partial charge in [0.05, 0.1) is 14.2 Å². The van der Waals surface area contributed by atoms with Gasteiger partial charge in [0.25, 0.3) is 0 Å². The van der Waals surface area contributed by atoms with Crippen molar-refractivity contribution in [3.05, 3.63) is 52.2 Å². The minimum absolute atomic E-state index is 0.316. The van der Waals surface area contributed by atoms with Crippen LogP contribution < -0.4 is 10.1 Å². The molecule has 1 aromatic carbocycles. The van der Waals surface area contributed by atoms with Crippen molar-refractivity contribution in [2.24, 2.45) is 0 Å². The summed E-state index contributed by atoms with van der Waals surface area (Å²) in [7, 11) is 3.01. The molecule has 1 heterocycles. The molecular weight excluding hydrogens is 286 g/mol. The van der Waals surface area contributed by atoms with Crippen molar-refractivity contribution in [3.63, 3.8) is 0 Å². The molecule has 0 radical (unpaired) electrons. The maximum atomic E-state index is 12.2. The Balaban J connectivity index is 2.24. The molecule has 1 N–H and O–H groups in total. The van der Waals surface area contributed by atoms with Gasteiger partial charge in [-0.1, -0.05) is 18.2 Å². The van der Waals surface area contributed by atoms with E-state index in [9.17, 15) is 4.79 Å². The average molecular weight is 305 g/mol. The monoisotopic (exact) mass is 305 g/mol. The first-order chi connectivity index (χ1) is 10.1. The van der Waals surface area contributed by atoms with E-state index in [1.54, 1.807) is 18.4 Å². The summed E-state index contributed by atoms with van der Waals surface area (Å²) in [6.07, 6.45) is 0. The van der Waals surface area contributed by atoms with Crippen molar-refractivity contribution in [1.29, 1.82) is 0 Å². The first-order valence-corrected chi connectivity index (χ1v) is 7.48. The SMILES string of the molecule is COC(=O)C(C)(NCc1cccs1)c1ccc(OC)cc1. The van der Waals surface area contributed by atoms with Crippen LogP contribution in [0.15, 0.2) is 41.8 Å². The molecule has 21 heavy (non-hydrogen) atoms. The molecule has 0 amide bonds. The highest BCUT2D eigenvalue weighted by molar-refractivity contribution is 7.09. The van der Waals surface area contributed by atoms with E-state index in [4.69, 9.17) is 9.47 Å². The van der Waals surface area contributed by atoms with Crippen LogP contribution in [0, 0.1) is 0 Å². The van der Waals surface area contributed by atoms with Gasteiger partial charge >= 0.3 is 5.97 Å². The van der Waals surface area contributed by atoms with E-state index < -0.39 is 5.54 Å². The molecule has 0 saturated heterocycles. The van der Waals surface area contributed by atoms with Crippen molar-refractivity contribution >= 4 is 17.3 Å². The lowest BCUT2D eigenvalue weighted by molar-refractivity contribution is -0.148. The van der Waals surface area contributed by atoms with Gasteiger partial charge in [-0.05, 0) is 36.1 Å². The van der Waals surface area contributed by atoms with Crippen molar-refractivity contribution in [1.82, 2.24) is 5.32 Å². The van der Waals surface area contributed by atoms with Gasteiger partial charge in [-0.15, -0.1) is 11.3 Å². The molecule has 1 unspecified atom stereocenters. The van der Waals surface area contributed by atoms with Crippen molar-refractivity contribution < 1.29 is 14.3 Å². The summed E-state index contributed by atoms with van der Waals surface area (Å²) in [5.41, 5.74) is -0.0583. The molecular formula is C16H19NO3S. The second-order valence-corrected chi connectivity index (χ2v) is 5.81. The Morgan fingerprint density at radius 3 is 2.48 bits per heavy atom. The van der Waals surface area contributed by atoms with Crippen LogP contribution in [0.3, 0.4) is 0 Å². The number of hydrogen-bond donors (Lipinski definition) is 1. The number of ether oxygens (including phenoxy) is 2. The molecule has 0 fully saturated rings. The molecule has 4 nitrogen and oxygen atoms in total. The molecule has 2 rings (SSSR count). The van der Waals surface area contributed by atoms with E-state index in [0.29, 0.717) is 6.54 Å². The Morgan fingerprint density at radius 1 is 1.24 bits per heavy atom. The summed E-state index contributed by atoms with van der Waals surface area (Å²) in [6.45, 7) is 2.43. The number of nitrogens with one attached hydrogen (secondary N) is 1. The molecule has 1 atom stereocenters. The fraction of sp³-hybridized carbons (Fsp3) is 0.312. The van der Waals surface area contributed by atoms with E-state index >= 15 is 0 Å². The number of carbonyl (C=O) groups is 1. The fourth-order valence-electron chi connectivity index (χ4n) is 2.10. The Bertz CT molecular complexity index is 580. The minimum Gasteiger partial charge on any atom is -0.497 e. The van der Waals surface area contributed by atoms with Gasteiger partial charge in [0.2, 0.25) is 0 Å². The third-order valence-corrected chi connectivity index (χ3v) is 4.33. The van der Waals surface area contributed by atoms with Gasteiger partial charge in [-0.2, -0.15) is 0 Å². The number of esters is 1. The molecule has 2 aromatic rings.